The van der Waals surface area contributed by atoms with E-state index in [9.17, 15) is 14.0 Å². The van der Waals surface area contributed by atoms with Gasteiger partial charge in [-0.3, -0.25) is 9.59 Å². The molecule has 23 heavy (non-hydrogen) atoms. The van der Waals surface area contributed by atoms with Crippen molar-refractivity contribution >= 4 is 23.2 Å². The minimum atomic E-state index is -1.04. The summed E-state index contributed by atoms with van der Waals surface area (Å²) in [7, 11) is 0. The second-order valence-electron chi connectivity index (χ2n) is 5.03. The monoisotopic (exact) mass is 336 g/mol. The average Bonchev–Trinajstić information content (AvgIpc) is 2.94. The predicted octanol–water partition coefficient (Wildman–Crippen LogP) is 2.72. The summed E-state index contributed by atoms with van der Waals surface area (Å²) >= 11 is 1.49. The molecule has 0 bridgehead atoms. The van der Waals surface area contributed by atoms with Gasteiger partial charge in [-0.1, -0.05) is 19.1 Å². The van der Waals surface area contributed by atoms with Crippen LogP contribution in [0.2, 0.25) is 0 Å². The molecule has 0 spiro atoms. The van der Waals surface area contributed by atoms with E-state index in [2.05, 4.69) is 10.3 Å². The van der Waals surface area contributed by atoms with Crippen LogP contribution in [0.3, 0.4) is 0 Å². The molecule has 2 rings (SSSR count). The first-order valence-corrected chi connectivity index (χ1v) is 8.05. The van der Waals surface area contributed by atoms with E-state index >= 15 is 0 Å². The van der Waals surface area contributed by atoms with Crippen molar-refractivity contribution in [2.45, 2.75) is 32.2 Å². The number of carboxylic acids is 1. The smallest absolute Gasteiger partial charge is 0.305 e. The van der Waals surface area contributed by atoms with Crippen molar-refractivity contribution in [1.29, 1.82) is 0 Å². The van der Waals surface area contributed by atoms with Crippen LogP contribution in [0.25, 0.3) is 0 Å². The van der Waals surface area contributed by atoms with E-state index in [0.717, 1.165) is 11.4 Å². The van der Waals surface area contributed by atoms with E-state index in [-0.39, 0.29) is 18.7 Å². The van der Waals surface area contributed by atoms with Gasteiger partial charge in [-0.05, 0) is 24.1 Å². The van der Waals surface area contributed by atoms with Crippen LogP contribution >= 0.6 is 11.3 Å². The van der Waals surface area contributed by atoms with Gasteiger partial charge in [-0.2, -0.15) is 0 Å². The summed E-state index contributed by atoms with van der Waals surface area (Å²) in [4.78, 5) is 27.4. The number of nitrogens with one attached hydrogen (secondary N) is 1. The molecule has 1 heterocycles. The van der Waals surface area contributed by atoms with Gasteiger partial charge in [0, 0.05) is 5.38 Å². The van der Waals surface area contributed by atoms with Crippen molar-refractivity contribution in [2.75, 3.05) is 0 Å². The molecule has 122 valence electrons. The van der Waals surface area contributed by atoms with E-state index in [1.54, 1.807) is 0 Å². The highest BCUT2D eigenvalue weighted by Crippen LogP contribution is 2.18. The Labute approximate surface area is 137 Å². The van der Waals surface area contributed by atoms with Crippen LogP contribution in [0, 0.1) is 5.82 Å². The largest absolute Gasteiger partial charge is 0.481 e. The third-order valence-electron chi connectivity index (χ3n) is 3.23. The van der Waals surface area contributed by atoms with E-state index < -0.39 is 17.8 Å². The standard InChI is InChI=1S/C16H17FN2O3S/c1-2-15-18-12(9-23-15)7-14(20)19-13(8-16(21)22)10-3-5-11(17)6-4-10/h3-6,9,13H,2,7-8H2,1H3,(H,19,20)(H,21,22)/t13-/m0/s1. The minimum absolute atomic E-state index is 0.0911. The summed E-state index contributed by atoms with van der Waals surface area (Å²) in [6.07, 6.45) is 0.631. The Hall–Kier alpha value is -2.28. The normalized spacial score (nSPS) is 11.9. The lowest BCUT2D eigenvalue weighted by molar-refractivity contribution is -0.137. The number of amides is 1. The minimum Gasteiger partial charge on any atom is -0.481 e. The molecule has 0 radical (unpaired) electrons. The zero-order valence-corrected chi connectivity index (χ0v) is 13.4. The SMILES string of the molecule is CCc1nc(CC(=O)N[C@@H](CC(=O)O)c2ccc(F)cc2)cs1. The van der Waals surface area contributed by atoms with E-state index in [0.29, 0.717) is 11.3 Å². The average molecular weight is 336 g/mol. The number of hydrogen-bond donors (Lipinski definition) is 2. The third-order valence-corrected chi connectivity index (χ3v) is 4.27. The number of benzene rings is 1. The first-order chi connectivity index (χ1) is 11.0. The molecule has 1 atom stereocenters. The molecule has 0 fully saturated rings. The fourth-order valence-corrected chi connectivity index (χ4v) is 2.87. The number of aliphatic carboxylic acids is 1. The van der Waals surface area contributed by atoms with Crippen LogP contribution in [0.15, 0.2) is 29.6 Å². The molecule has 0 aliphatic heterocycles. The number of aryl methyl sites for hydroxylation is 1. The van der Waals surface area contributed by atoms with Crippen molar-refractivity contribution in [2.24, 2.45) is 0 Å². The van der Waals surface area contributed by atoms with Crippen LogP contribution in [-0.4, -0.2) is 22.0 Å². The van der Waals surface area contributed by atoms with Gasteiger partial charge >= 0.3 is 5.97 Å². The Bertz CT molecular complexity index is 685. The van der Waals surface area contributed by atoms with Gasteiger partial charge in [0.25, 0.3) is 0 Å². The molecule has 0 aliphatic carbocycles. The number of aromatic nitrogens is 1. The van der Waals surface area contributed by atoms with E-state index in [4.69, 9.17) is 5.11 Å². The van der Waals surface area contributed by atoms with Crippen LogP contribution in [0.5, 0.6) is 0 Å². The number of carbonyl (C=O) groups excluding carboxylic acids is 1. The Kier molecular flexibility index (Phi) is 5.81. The summed E-state index contributed by atoms with van der Waals surface area (Å²) in [6.45, 7) is 1.99. The van der Waals surface area contributed by atoms with E-state index in [1.807, 2.05) is 12.3 Å². The topological polar surface area (TPSA) is 79.3 Å². The van der Waals surface area contributed by atoms with Crippen LogP contribution in [0.4, 0.5) is 4.39 Å². The number of nitrogens with zero attached hydrogens (tertiary/aromatic N) is 1. The Morgan fingerprint density at radius 1 is 1.35 bits per heavy atom. The molecule has 2 aromatic rings. The molecule has 1 aromatic heterocycles. The fraction of sp³-hybridized carbons (Fsp3) is 0.312. The Morgan fingerprint density at radius 3 is 2.61 bits per heavy atom. The summed E-state index contributed by atoms with van der Waals surface area (Å²) in [5.41, 5.74) is 1.22. The Morgan fingerprint density at radius 2 is 2.04 bits per heavy atom. The van der Waals surface area contributed by atoms with Crippen molar-refractivity contribution in [3.05, 3.63) is 51.7 Å². The van der Waals surface area contributed by atoms with Crippen LogP contribution < -0.4 is 5.32 Å². The maximum absolute atomic E-state index is 13.0. The highest BCUT2D eigenvalue weighted by atomic mass is 32.1. The predicted molar refractivity (Wildman–Crippen MR) is 84.7 cm³/mol. The maximum Gasteiger partial charge on any atom is 0.305 e. The molecule has 1 aromatic carbocycles. The molecule has 0 aliphatic rings. The Balaban J connectivity index is 2.05. The number of carboxylic acid groups (broad SMARTS) is 1. The number of hydrogen-bond acceptors (Lipinski definition) is 4. The summed E-state index contributed by atoms with van der Waals surface area (Å²) in [6, 6.07) is 4.72. The number of rotatable bonds is 7. The zero-order valence-electron chi connectivity index (χ0n) is 12.6. The van der Waals surface area contributed by atoms with Gasteiger partial charge in [-0.15, -0.1) is 11.3 Å². The lowest BCUT2D eigenvalue weighted by atomic mass is 10.0. The third kappa shape index (κ3) is 5.14. The molecule has 1 amide bonds. The molecule has 2 N–H and O–H groups in total. The highest BCUT2D eigenvalue weighted by molar-refractivity contribution is 7.09. The van der Waals surface area contributed by atoms with Crippen molar-refractivity contribution in [3.63, 3.8) is 0 Å². The molecule has 5 nitrogen and oxygen atoms in total. The van der Waals surface area contributed by atoms with Crippen LogP contribution in [-0.2, 0) is 22.4 Å². The summed E-state index contributed by atoms with van der Waals surface area (Å²) in [5, 5.41) is 14.5. The molecular formula is C16H17FN2O3S. The van der Waals surface area contributed by atoms with Gasteiger partial charge < -0.3 is 10.4 Å². The molecule has 7 heteroatoms. The first-order valence-electron chi connectivity index (χ1n) is 7.17. The number of thiazole rings is 1. The second kappa shape index (κ2) is 7.82. The lowest BCUT2D eigenvalue weighted by Crippen LogP contribution is -2.31. The van der Waals surface area contributed by atoms with Gasteiger partial charge in [0.1, 0.15) is 5.82 Å². The molecule has 0 unspecified atom stereocenters. The second-order valence-corrected chi connectivity index (χ2v) is 5.98. The van der Waals surface area contributed by atoms with Gasteiger partial charge in [0.05, 0.1) is 29.6 Å². The quantitative estimate of drug-likeness (QED) is 0.815. The summed E-state index contributed by atoms with van der Waals surface area (Å²) < 4.78 is 13.0. The fourth-order valence-electron chi connectivity index (χ4n) is 2.12. The van der Waals surface area contributed by atoms with Crippen molar-refractivity contribution in [1.82, 2.24) is 10.3 Å². The van der Waals surface area contributed by atoms with Crippen LogP contribution in [0.1, 0.15) is 35.7 Å². The zero-order chi connectivity index (χ0) is 16.8. The van der Waals surface area contributed by atoms with Gasteiger partial charge in [-0.25, -0.2) is 9.37 Å². The number of carbonyl (C=O) groups is 2. The molecular weight excluding hydrogens is 319 g/mol. The van der Waals surface area contributed by atoms with Gasteiger partial charge in [0.15, 0.2) is 0 Å². The van der Waals surface area contributed by atoms with Crippen molar-refractivity contribution in [3.8, 4) is 0 Å². The lowest BCUT2D eigenvalue weighted by Gasteiger charge is -2.17. The van der Waals surface area contributed by atoms with Gasteiger partial charge in [0.2, 0.25) is 5.91 Å². The summed E-state index contributed by atoms with van der Waals surface area (Å²) in [5.74, 6) is -1.76. The maximum atomic E-state index is 13.0. The van der Waals surface area contributed by atoms with E-state index in [1.165, 1.54) is 35.6 Å². The number of halogens is 1. The molecule has 0 saturated heterocycles. The van der Waals surface area contributed by atoms with Crippen molar-refractivity contribution < 1.29 is 19.1 Å². The molecule has 0 saturated carbocycles. The first kappa shape index (κ1) is 17.1. The highest BCUT2D eigenvalue weighted by Gasteiger charge is 2.19.